The molecular weight excluding hydrogens is 284 g/mol. The summed E-state index contributed by atoms with van der Waals surface area (Å²) in [6.07, 6.45) is 1.14. The molecule has 0 unspecified atom stereocenters. The Morgan fingerprint density at radius 1 is 1.21 bits per heavy atom. The van der Waals surface area contributed by atoms with Crippen LogP contribution in [0.5, 0.6) is 0 Å². The Hall–Kier alpha value is -0.620. The van der Waals surface area contributed by atoms with E-state index in [9.17, 15) is 8.42 Å². The van der Waals surface area contributed by atoms with Gasteiger partial charge >= 0.3 is 0 Å². The number of benzene rings is 1. The summed E-state index contributed by atoms with van der Waals surface area (Å²) in [5, 5.41) is 0.552. The first-order valence-corrected chi connectivity index (χ1v) is 8.45. The molecule has 1 fully saturated rings. The van der Waals surface area contributed by atoms with Crippen LogP contribution in [0.3, 0.4) is 0 Å². The van der Waals surface area contributed by atoms with Crippen LogP contribution in [0.25, 0.3) is 0 Å². The Morgan fingerprint density at radius 2 is 1.79 bits per heavy atom. The van der Waals surface area contributed by atoms with Crippen LogP contribution in [0.4, 0.5) is 0 Å². The molecule has 0 saturated carbocycles. The van der Waals surface area contributed by atoms with Gasteiger partial charge in [-0.25, -0.2) is 8.42 Å². The Balaban J connectivity index is 2.07. The molecule has 19 heavy (non-hydrogen) atoms. The van der Waals surface area contributed by atoms with Crippen molar-refractivity contribution in [3.63, 3.8) is 0 Å². The molecule has 0 atom stereocenters. The van der Waals surface area contributed by atoms with Crippen LogP contribution in [-0.2, 0) is 10.0 Å². The lowest BCUT2D eigenvalue weighted by Gasteiger charge is -2.31. The summed E-state index contributed by atoms with van der Waals surface area (Å²) in [6.45, 7) is 6.25. The number of hydrogen-bond acceptors (Lipinski definition) is 2. The minimum Gasteiger partial charge on any atom is -0.333 e. The van der Waals surface area contributed by atoms with Crippen molar-refractivity contribution in [1.82, 2.24) is 4.31 Å². The molecule has 1 aliphatic rings. The molecule has 0 spiro atoms. The molecular formula is C13H20ClN2O2S+. The maximum Gasteiger partial charge on any atom is 0.243 e. The molecule has 0 bridgehead atoms. The van der Waals surface area contributed by atoms with Crippen molar-refractivity contribution in [2.45, 2.75) is 18.2 Å². The van der Waals surface area contributed by atoms with Crippen LogP contribution in [0, 0.1) is 0 Å². The molecule has 1 N–H and O–H groups in total. The van der Waals surface area contributed by atoms with E-state index in [-0.39, 0.29) is 0 Å². The summed E-state index contributed by atoms with van der Waals surface area (Å²) in [5.74, 6) is 0. The number of quaternary nitrogens is 1. The molecule has 0 aliphatic carbocycles. The van der Waals surface area contributed by atoms with Gasteiger partial charge in [-0.05, 0) is 30.7 Å². The molecule has 4 nitrogen and oxygen atoms in total. The Bertz CT molecular complexity index is 508. The van der Waals surface area contributed by atoms with Gasteiger partial charge in [0, 0.05) is 5.02 Å². The van der Waals surface area contributed by atoms with E-state index in [0.29, 0.717) is 23.0 Å². The summed E-state index contributed by atoms with van der Waals surface area (Å²) in [4.78, 5) is 1.82. The minimum atomic E-state index is -3.36. The predicted octanol–water partition coefficient (Wildman–Crippen LogP) is 0.639. The highest BCUT2D eigenvalue weighted by atomic mass is 35.5. The lowest BCUT2D eigenvalue weighted by Crippen LogP contribution is -3.14. The number of nitrogens with one attached hydrogen (secondary N) is 1. The number of rotatable bonds is 4. The van der Waals surface area contributed by atoms with Crippen molar-refractivity contribution in [1.29, 1.82) is 0 Å². The van der Waals surface area contributed by atoms with Gasteiger partial charge in [0.1, 0.15) is 0 Å². The van der Waals surface area contributed by atoms with E-state index in [1.54, 1.807) is 28.6 Å². The molecule has 0 radical (unpaired) electrons. The Morgan fingerprint density at radius 3 is 2.32 bits per heavy atom. The first-order valence-electron chi connectivity index (χ1n) is 6.63. The lowest BCUT2D eigenvalue weighted by atomic mass is 10.3. The van der Waals surface area contributed by atoms with E-state index >= 15 is 0 Å². The zero-order valence-electron chi connectivity index (χ0n) is 11.1. The molecule has 1 aromatic carbocycles. The monoisotopic (exact) mass is 303 g/mol. The fourth-order valence-corrected chi connectivity index (χ4v) is 3.97. The lowest BCUT2D eigenvalue weighted by molar-refractivity contribution is -0.903. The third-order valence-corrected chi connectivity index (χ3v) is 5.65. The van der Waals surface area contributed by atoms with Crippen LogP contribution < -0.4 is 4.90 Å². The van der Waals surface area contributed by atoms with Crippen LogP contribution >= 0.6 is 11.6 Å². The van der Waals surface area contributed by atoms with E-state index < -0.39 is 10.0 Å². The van der Waals surface area contributed by atoms with Crippen molar-refractivity contribution < 1.29 is 13.3 Å². The molecule has 1 aromatic rings. The van der Waals surface area contributed by atoms with Crippen molar-refractivity contribution in [2.75, 3.05) is 32.7 Å². The van der Waals surface area contributed by atoms with Gasteiger partial charge in [0.05, 0.1) is 37.6 Å². The molecule has 0 aromatic heterocycles. The van der Waals surface area contributed by atoms with Crippen molar-refractivity contribution >= 4 is 21.6 Å². The van der Waals surface area contributed by atoms with Crippen molar-refractivity contribution in [3.8, 4) is 0 Å². The molecule has 1 saturated heterocycles. The second-order valence-corrected chi connectivity index (χ2v) is 7.23. The smallest absolute Gasteiger partial charge is 0.243 e. The first kappa shape index (κ1) is 14.8. The van der Waals surface area contributed by atoms with Gasteiger partial charge in [0.2, 0.25) is 10.0 Å². The summed E-state index contributed by atoms with van der Waals surface area (Å²) in [7, 11) is -3.36. The van der Waals surface area contributed by atoms with Crippen molar-refractivity contribution in [2.24, 2.45) is 0 Å². The average Bonchev–Trinajstić information content (AvgIpc) is 2.40. The third-order valence-electron chi connectivity index (χ3n) is 3.48. The molecule has 0 amide bonds. The quantitative estimate of drug-likeness (QED) is 0.887. The topological polar surface area (TPSA) is 41.8 Å². The van der Waals surface area contributed by atoms with Gasteiger partial charge in [0.15, 0.2) is 0 Å². The largest absolute Gasteiger partial charge is 0.333 e. The van der Waals surface area contributed by atoms with Crippen molar-refractivity contribution in [3.05, 3.63) is 29.3 Å². The van der Waals surface area contributed by atoms with Crippen LogP contribution in [0.2, 0.25) is 5.02 Å². The maximum absolute atomic E-state index is 12.4. The van der Waals surface area contributed by atoms with E-state index in [1.165, 1.54) is 4.90 Å². The molecule has 1 aliphatic heterocycles. The molecule has 6 heteroatoms. The second kappa shape index (κ2) is 6.22. The Labute approximate surface area is 120 Å². The zero-order valence-corrected chi connectivity index (χ0v) is 12.7. The van der Waals surface area contributed by atoms with E-state index in [0.717, 1.165) is 26.1 Å². The SMILES string of the molecule is CCC[NH+]1CCN(S(=O)(=O)c2ccc(Cl)cc2)CC1. The predicted molar refractivity (Wildman–Crippen MR) is 76.1 cm³/mol. The highest BCUT2D eigenvalue weighted by molar-refractivity contribution is 7.89. The summed E-state index contributed by atoms with van der Waals surface area (Å²) < 4.78 is 26.5. The normalized spacial score (nSPS) is 18.6. The maximum atomic E-state index is 12.4. The zero-order chi connectivity index (χ0) is 13.9. The van der Waals surface area contributed by atoms with Gasteiger partial charge in [-0.1, -0.05) is 18.5 Å². The minimum absolute atomic E-state index is 0.329. The molecule has 106 valence electrons. The van der Waals surface area contributed by atoms with Gasteiger partial charge in [0.25, 0.3) is 0 Å². The standard InChI is InChI=1S/C13H19ClN2O2S/c1-2-7-15-8-10-16(11-9-15)19(17,18)13-5-3-12(14)4-6-13/h3-6H,2,7-11H2,1H3/p+1. The number of nitrogens with zero attached hydrogens (tertiary/aromatic N) is 1. The highest BCUT2D eigenvalue weighted by Gasteiger charge is 2.29. The summed E-state index contributed by atoms with van der Waals surface area (Å²) in [6, 6.07) is 6.38. The highest BCUT2D eigenvalue weighted by Crippen LogP contribution is 2.18. The number of halogens is 1. The van der Waals surface area contributed by atoms with Crippen LogP contribution in [0.1, 0.15) is 13.3 Å². The fraction of sp³-hybridized carbons (Fsp3) is 0.538. The van der Waals surface area contributed by atoms with Gasteiger partial charge in [-0.2, -0.15) is 4.31 Å². The molecule has 2 rings (SSSR count). The molecule has 1 heterocycles. The van der Waals surface area contributed by atoms with E-state index in [4.69, 9.17) is 11.6 Å². The van der Waals surface area contributed by atoms with Crippen LogP contribution in [0.15, 0.2) is 29.2 Å². The first-order chi connectivity index (χ1) is 9.04. The summed E-state index contributed by atoms with van der Waals surface area (Å²) in [5.41, 5.74) is 0. The van der Waals surface area contributed by atoms with Gasteiger partial charge < -0.3 is 4.90 Å². The summed E-state index contributed by atoms with van der Waals surface area (Å²) >= 11 is 5.79. The van der Waals surface area contributed by atoms with E-state index in [1.807, 2.05) is 0 Å². The van der Waals surface area contributed by atoms with Gasteiger partial charge in [-0.3, -0.25) is 0 Å². The van der Waals surface area contributed by atoms with Gasteiger partial charge in [-0.15, -0.1) is 0 Å². The number of hydrogen-bond donors (Lipinski definition) is 1. The second-order valence-electron chi connectivity index (χ2n) is 4.86. The fourth-order valence-electron chi connectivity index (χ4n) is 2.40. The van der Waals surface area contributed by atoms with E-state index in [2.05, 4.69) is 6.92 Å². The third kappa shape index (κ3) is 3.48. The number of piperazine rings is 1. The van der Waals surface area contributed by atoms with Crippen LogP contribution in [-0.4, -0.2) is 45.4 Å². The number of sulfonamides is 1. The Kier molecular flexibility index (Phi) is 4.84. The average molecular weight is 304 g/mol.